The predicted molar refractivity (Wildman–Crippen MR) is 106 cm³/mol. The first-order valence-electron chi connectivity index (χ1n) is 8.96. The van der Waals surface area contributed by atoms with Gasteiger partial charge < -0.3 is 15.1 Å². The number of rotatable bonds is 6. The second kappa shape index (κ2) is 8.52. The highest BCUT2D eigenvalue weighted by molar-refractivity contribution is 6.31. The van der Waals surface area contributed by atoms with Crippen molar-refractivity contribution in [3.8, 4) is 0 Å². The van der Waals surface area contributed by atoms with Crippen LogP contribution in [-0.4, -0.2) is 49.5 Å². The number of hydrogen-bond acceptors (Lipinski definition) is 4. The van der Waals surface area contributed by atoms with Crippen molar-refractivity contribution in [3.05, 3.63) is 58.9 Å². The molecule has 1 aromatic heterocycles. The molecule has 0 saturated carbocycles. The molecule has 0 radical (unpaired) electrons. The van der Waals surface area contributed by atoms with E-state index in [2.05, 4.69) is 20.1 Å². The molecular formula is C20H25ClN4O. The molecule has 5 nitrogen and oxygen atoms in total. The third-order valence-corrected chi connectivity index (χ3v) is 5.14. The van der Waals surface area contributed by atoms with Gasteiger partial charge in [-0.1, -0.05) is 29.8 Å². The fraction of sp³-hybridized carbons (Fsp3) is 0.400. The molecule has 1 fully saturated rings. The molecule has 0 spiro atoms. The minimum atomic E-state index is -0.162. The van der Waals surface area contributed by atoms with Crippen LogP contribution in [-0.2, 0) is 0 Å². The van der Waals surface area contributed by atoms with Crippen LogP contribution in [0.1, 0.15) is 34.9 Å². The third-order valence-electron chi connectivity index (χ3n) is 4.79. The van der Waals surface area contributed by atoms with Gasteiger partial charge in [-0.15, -0.1) is 0 Å². The van der Waals surface area contributed by atoms with Gasteiger partial charge in [-0.05, 0) is 50.7 Å². The first kappa shape index (κ1) is 18.7. The van der Waals surface area contributed by atoms with E-state index in [1.54, 1.807) is 6.20 Å². The Balaban J connectivity index is 1.69. The van der Waals surface area contributed by atoms with Gasteiger partial charge in [0.15, 0.2) is 0 Å². The summed E-state index contributed by atoms with van der Waals surface area (Å²) in [6.07, 6.45) is 4.11. The van der Waals surface area contributed by atoms with Gasteiger partial charge in [0, 0.05) is 36.5 Å². The van der Waals surface area contributed by atoms with Crippen LogP contribution in [0.3, 0.4) is 0 Å². The average molecular weight is 373 g/mol. The second-order valence-corrected chi connectivity index (χ2v) is 7.21. The molecule has 0 bridgehead atoms. The van der Waals surface area contributed by atoms with Crippen molar-refractivity contribution < 1.29 is 4.79 Å². The number of anilines is 1. The van der Waals surface area contributed by atoms with Crippen molar-refractivity contribution in [1.82, 2.24) is 15.2 Å². The summed E-state index contributed by atoms with van der Waals surface area (Å²) in [5, 5.41) is 3.71. The normalized spacial score (nSPS) is 15.3. The van der Waals surface area contributed by atoms with Crippen LogP contribution in [0.15, 0.2) is 42.6 Å². The molecule has 26 heavy (non-hydrogen) atoms. The summed E-state index contributed by atoms with van der Waals surface area (Å²) in [6.45, 7) is 2.55. The number of benzene rings is 1. The van der Waals surface area contributed by atoms with E-state index in [1.807, 2.05) is 50.5 Å². The van der Waals surface area contributed by atoms with E-state index >= 15 is 0 Å². The van der Waals surface area contributed by atoms with Crippen molar-refractivity contribution in [2.75, 3.05) is 38.6 Å². The standard InChI is InChI=1S/C20H25ClN4O/c1-24(2)19(16-7-3-4-8-17(16)21)14-23-20(26)18-13-15(9-10-22-18)25-11-5-6-12-25/h3-4,7-10,13,19H,5-6,11-12,14H2,1-2H3,(H,23,26). The van der Waals surface area contributed by atoms with Gasteiger partial charge in [0.25, 0.3) is 5.91 Å². The van der Waals surface area contributed by atoms with Gasteiger partial charge in [-0.25, -0.2) is 0 Å². The maximum atomic E-state index is 12.6. The quantitative estimate of drug-likeness (QED) is 0.844. The average Bonchev–Trinajstić information content (AvgIpc) is 3.18. The van der Waals surface area contributed by atoms with Crippen molar-refractivity contribution in [1.29, 1.82) is 0 Å². The first-order chi connectivity index (χ1) is 12.6. The number of carbonyl (C=O) groups excluding carboxylic acids is 1. The lowest BCUT2D eigenvalue weighted by molar-refractivity contribution is 0.0937. The summed E-state index contributed by atoms with van der Waals surface area (Å²) in [7, 11) is 3.96. The molecule has 3 rings (SSSR count). The fourth-order valence-electron chi connectivity index (χ4n) is 3.31. The number of pyridine rings is 1. The summed E-state index contributed by atoms with van der Waals surface area (Å²) in [5.41, 5.74) is 2.52. The molecule has 1 N–H and O–H groups in total. The second-order valence-electron chi connectivity index (χ2n) is 6.80. The van der Waals surface area contributed by atoms with Crippen LogP contribution in [0, 0.1) is 0 Å². The summed E-state index contributed by atoms with van der Waals surface area (Å²) >= 11 is 6.33. The lowest BCUT2D eigenvalue weighted by Crippen LogP contribution is -2.35. The van der Waals surface area contributed by atoms with Crippen LogP contribution in [0.2, 0.25) is 5.02 Å². The Morgan fingerprint density at radius 1 is 1.27 bits per heavy atom. The van der Waals surface area contributed by atoms with E-state index < -0.39 is 0 Å². The Labute approximate surface area is 160 Å². The number of nitrogens with one attached hydrogen (secondary N) is 1. The molecule has 138 valence electrons. The fourth-order valence-corrected chi connectivity index (χ4v) is 3.57. The van der Waals surface area contributed by atoms with Crippen LogP contribution >= 0.6 is 11.6 Å². The zero-order valence-electron chi connectivity index (χ0n) is 15.3. The van der Waals surface area contributed by atoms with E-state index in [0.717, 1.165) is 24.3 Å². The highest BCUT2D eigenvalue weighted by atomic mass is 35.5. The van der Waals surface area contributed by atoms with E-state index in [0.29, 0.717) is 17.3 Å². The molecule has 1 aliphatic heterocycles. The third kappa shape index (κ3) is 4.34. The molecule has 2 heterocycles. The Morgan fingerprint density at radius 3 is 2.69 bits per heavy atom. The van der Waals surface area contributed by atoms with E-state index in [-0.39, 0.29) is 11.9 Å². The number of halogens is 1. The minimum absolute atomic E-state index is 0.00517. The molecule has 1 saturated heterocycles. The van der Waals surface area contributed by atoms with Gasteiger partial charge in [0.2, 0.25) is 0 Å². The largest absolute Gasteiger partial charge is 0.371 e. The van der Waals surface area contributed by atoms with E-state index in [4.69, 9.17) is 11.6 Å². The smallest absolute Gasteiger partial charge is 0.270 e. The lowest BCUT2D eigenvalue weighted by Gasteiger charge is -2.26. The highest BCUT2D eigenvalue weighted by Crippen LogP contribution is 2.25. The summed E-state index contributed by atoms with van der Waals surface area (Å²) in [6, 6.07) is 11.6. The number of aromatic nitrogens is 1. The molecule has 1 amide bonds. The van der Waals surface area contributed by atoms with E-state index in [9.17, 15) is 4.79 Å². The van der Waals surface area contributed by atoms with Crippen molar-refractivity contribution in [2.45, 2.75) is 18.9 Å². The number of nitrogens with zero attached hydrogens (tertiary/aromatic N) is 3. The van der Waals surface area contributed by atoms with Crippen LogP contribution < -0.4 is 10.2 Å². The minimum Gasteiger partial charge on any atom is -0.371 e. The van der Waals surface area contributed by atoms with Gasteiger partial charge >= 0.3 is 0 Å². The van der Waals surface area contributed by atoms with E-state index in [1.165, 1.54) is 12.8 Å². The van der Waals surface area contributed by atoms with Crippen LogP contribution in [0.5, 0.6) is 0 Å². The van der Waals surface area contributed by atoms with Crippen molar-refractivity contribution in [3.63, 3.8) is 0 Å². The zero-order valence-corrected chi connectivity index (χ0v) is 16.0. The molecule has 0 aliphatic carbocycles. The van der Waals surface area contributed by atoms with Gasteiger partial charge in [0.1, 0.15) is 5.69 Å². The summed E-state index contributed by atoms with van der Waals surface area (Å²) in [5.74, 6) is -0.162. The van der Waals surface area contributed by atoms with Crippen molar-refractivity contribution >= 4 is 23.2 Å². The molecule has 1 unspecified atom stereocenters. The van der Waals surface area contributed by atoms with Crippen LogP contribution in [0.25, 0.3) is 0 Å². The Hall–Kier alpha value is -2.11. The van der Waals surface area contributed by atoms with Gasteiger partial charge in [-0.2, -0.15) is 0 Å². The van der Waals surface area contributed by atoms with Crippen LogP contribution in [0.4, 0.5) is 5.69 Å². The Morgan fingerprint density at radius 2 is 2.00 bits per heavy atom. The molecule has 6 heteroatoms. The number of amides is 1. The Kier molecular flexibility index (Phi) is 6.12. The number of hydrogen-bond donors (Lipinski definition) is 1. The van der Waals surface area contributed by atoms with Gasteiger partial charge in [-0.3, -0.25) is 9.78 Å². The first-order valence-corrected chi connectivity index (χ1v) is 9.34. The SMILES string of the molecule is CN(C)C(CNC(=O)c1cc(N2CCCC2)ccn1)c1ccccc1Cl. The predicted octanol–water partition coefficient (Wildman–Crippen LogP) is 3.37. The van der Waals surface area contributed by atoms with Gasteiger partial charge in [0.05, 0.1) is 6.04 Å². The molecular weight excluding hydrogens is 348 g/mol. The monoisotopic (exact) mass is 372 g/mol. The maximum absolute atomic E-state index is 12.6. The maximum Gasteiger partial charge on any atom is 0.270 e. The highest BCUT2D eigenvalue weighted by Gasteiger charge is 2.19. The number of carbonyl (C=O) groups is 1. The molecule has 1 aromatic carbocycles. The Bertz CT molecular complexity index is 759. The molecule has 1 aliphatic rings. The molecule has 2 aromatic rings. The number of likely N-dealkylation sites (N-methyl/N-ethyl adjacent to an activating group) is 1. The summed E-state index contributed by atoms with van der Waals surface area (Å²) in [4.78, 5) is 21.2. The topological polar surface area (TPSA) is 48.5 Å². The summed E-state index contributed by atoms with van der Waals surface area (Å²) < 4.78 is 0. The molecule has 1 atom stereocenters. The van der Waals surface area contributed by atoms with Crippen molar-refractivity contribution in [2.24, 2.45) is 0 Å². The zero-order chi connectivity index (χ0) is 18.5. The lowest BCUT2D eigenvalue weighted by atomic mass is 10.1.